The highest BCUT2D eigenvalue weighted by Crippen LogP contribution is 2.30. The molecule has 3 heterocycles. The van der Waals surface area contributed by atoms with Gasteiger partial charge in [0.1, 0.15) is 5.82 Å². The summed E-state index contributed by atoms with van der Waals surface area (Å²) in [5.41, 5.74) is 8.90. The minimum atomic E-state index is 0.204. The number of anilines is 2. The number of hydrogen-bond acceptors (Lipinski definition) is 8. The molecule has 0 aromatic carbocycles. The van der Waals surface area contributed by atoms with Crippen LogP contribution in [0.15, 0.2) is 42.3 Å². The Kier molecular flexibility index (Phi) is 6.13. The van der Waals surface area contributed by atoms with Crippen molar-refractivity contribution in [3.05, 3.63) is 42.3 Å². The summed E-state index contributed by atoms with van der Waals surface area (Å²) in [4.78, 5) is 14.2. The SMILES string of the molecule is C=C1C=C(Nc2nc(N[C@H]3CCCC[C@@H]3CCO)nc3c2ncn3C(C)C)C=C(N)N1. The van der Waals surface area contributed by atoms with Crippen molar-refractivity contribution in [1.29, 1.82) is 0 Å². The monoisotopic (exact) mass is 424 g/mol. The fourth-order valence-electron chi connectivity index (χ4n) is 4.38. The Morgan fingerprint density at radius 3 is 2.84 bits per heavy atom. The summed E-state index contributed by atoms with van der Waals surface area (Å²) in [6, 6.07) is 0.459. The minimum absolute atomic E-state index is 0.204. The Labute approximate surface area is 182 Å². The van der Waals surface area contributed by atoms with Crippen molar-refractivity contribution in [2.24, 2.45) is 11.7 Å². The van der Waals surface area contributed by atoms with E-state index < -0.39 is 0 Å². The summed E-state index contributed by atoms with van der Waals surface area (Å²) in [5, 5.41) is 19.3. The number of aromatic nitrogens is 4. The number of allylic oxidation sites excluding steroid dienone is 2. The van der Waals surface area contributed by atoms with Crippen LogP contribution in [0.5, 0.6) is 0 Å². The van der Waals surface area contributed by atoms with E-state index in [2.05, 4.69) is 41.4 Å². The van der Waals surface area contributed by atoms with E-state index in [4.69, 9.17) is 15.7 Å². The number of rotatable bonds is 7. The van der Waals surface area contributed by atoms with E-state index >= 15 is 0 Å². The number of nitrogens with two attached hydrogens (primary N) is 1. The fourth-order valence-corrected chi connectivity index (χ4v) is 4.38. The molecule has 1 saturated carbocycles. The van der Waals surface area contributed by atoms with Crippen LogP contribution in [-0.4, -0.2) is 37.3 Å². The van der Waals surface area contributed by atoms with Gasteiger partial charge in [0.15, 0.2) is 17.0 Å². The predicted molar refractivity (Wildman–Crippen MR) is 123 cm³/mol. The van der Waals surface area contributed by atoms with E-state index in [9.17, 15) is 5.11 Å². The van der Waals surface area contributed by atoms with Gasteiger partial charge in [-0.3, -0.25) is 0 Å². The Morgan fingerprint density at radius 1 is 1.29 bits per heavy atom. The molecular weight excluding hydrogens is 392 g/mol. The van der Waals surface area contributed by atoms with Crippen LogP contribution in [0.1, 0.15) is 52.0 Å². The van der Waals surface area contributed by atoms with Gasteiger partial charge in [-0.2, -0.15) is 9.97 Å². The zero-order valence-corrected chi connectivity index (χ0v) is 18.2. The molecule has 6 N–H and O–H groups in total. The molecule has 1 aliphatic heterocycles. The Morgan fingerprint density at radius 2 is 2.10 bits per heavy atom. The molecule has 9 heteroatoms. The summed E-state index contributed by atoms with van der Waals surface area (Å²) in [6.07, 6.45) is 10.8. The molecule has 2 aromatic rings. The quantitative estimate of drug-likeness (QED) is 0.459. The van der Waals surface area contributed by atoms with Crippen molar-refractivity contribution in [3.8, 4) is 0 Å². The van der Waals surface area contributed by atoms with Crippen molar-refractivity contribution in [2.75, 3.05) is 17.2 Å². The minimum Gasteiger partial charge on any atom is -0.396 e. The predicted octanol–water partition coefficient (Wildman–Crippen LogP) is 2.97. The van der Waals surface area contributed by atoms with Crippen molar-refractivity contribution in [2.45, 2.75) is 58.0 Å². The number of fused-ring (bicyclic) bond motifs is 1. The van der Waals surface area contributed by atoms with Crippen LogP contribution in [-0.2, 0) is 0 Å². The molecule has 2 atom stereocenters. The molecule has 0 spiro atoms. The highest BCUT2D eigenvalue weighted by molar-refractivity contribution is 5.85. The van der Waals surface area contributed by atoms with Gasteiger partial charge >= 0.3 is 0 Å². The molecule has 0 unspecified atom stereocenters. The first-order chi connectivity index (χ1) is 14.9. The standard InChI is InChI=1S/C22H32N8O/c1-13(2)30-12-24-19-20(26-16-10-14(3)25-18(23)11-16)28-22(29-21(19)30)27-17-7-5-4-6-15(17)8-9-31/h10-13,15,17,25,31H,3-9,23H2,1-2H3,(H2,26,27,28,29)/t15-,17+/m1/s1. The van der Waals surface area contributed by atoms with E-state index in [1.807, 2.05) is 10.6 Å². The second kappa shape index (κ2) is 8.97. The summed E-state index contributed by atoms with van der Waals surface area (Å²) >= 11 is 0. The lowest BCUT2D eigenvalue weighted by molar-refractivity contribution is 0.219. The van der Waals surface area contributed by atoms with Crippen molar-refractivity contribution in [1.82, 2.24) is 24.8 Å². The number of aliphatic hydroxyl groups is 1. The van der Waals surface area contributed by atoms with Crippen LogP contribution in [0.4, 0.5) is 11.8 Å². The van der Waals surface area contributed by atoms with Crippen LogP contribution in [0.25, 0.3) is 11.2 Å². The number of nitrogens with zero attached hydrogens (tertiary/aromatic N) is 4. The van der Waals surface area contributed by atoms with E-state index in [1.165, 1.54) is 12.8 Å². The van der Waals surface area contributed by atoms with Gasteiger partial charge in [0.05, 0.1) is 6.33 Å². The lowest BCUT2D eigenvalue weighted by Crippen LogP contribution is -2.33. The van der Waals surface area contributed by atoms with E-state index in [0.29, 0.717) is 34.7 Å². The second-order valence-corrected chi connectivity index (χ2v) is 8.60. The molecule has 2 aliphatic rings. The molecule has 0 bridgehead atoms. The van der Waals surface area contributed by atoms with Gasteiger partial charge < -0.3 is 31.4 Å². The van der Waals surface area contributed by atoms with E-state index in [1.54, 1.807) is 12.4 Å². The van der Waals surface area contributed by atoms with Crippen molar-refractivity contribution >= 4 is 22.9 Å². The lowest BCUT2D eigenvalue weighted by atomic mass is 9.82. The molecule has 166 valence electrons. The molecule has 0 amide bonds. The normalized spacial score (nSPS) is 21.6. The first kappa shape index (κ1) is 21.2. The maximum absolute atomic E-state index is 9.47. The molecule has 1 aliphatic carbocycles. The third-order valence-corrected chi connectivity index (χ3v) is 5.91. The van der Waals surface area contributed by atoms with Gasteiger partial charge in [-0.1, -0.05) is 19.4 Å². The first-order valence-corrected chi connectivity index (χ1v) is 11.0. The average Bonchev–Trinajstić information content (AvgIpc) is 3.13. The number of imidazole rings is 1. The topological polar surface area (TPSA) is 126 Å². The van der Waals surface area contributed by atoms with Gasteiger partial charge in [-0.05, 0) is 45.1 Å². The maximum Gasteiger partial charge on any atom is 0.227 e. The lowest BCUT2D eigenvalue weighted by Gasteiger charge is -2.32. The molecule has 0 radical (unpaired) electrons. The number of aliphatic hydroxyl groups excluding tert-OH is 1. The van der Waals surface area contributed by atoms with Crippen LogP contribution < -0.4 is 21.7 Å². The average molecular weight is 425 g/mol. The number of nitrogens with one attached hydrogen (secondary N) is 3. The van der Waals surface area contributed by atoms with E-state index in [-0.39, 0.29) is 18.7 Å². The molecule has 9 nitrogen and oxygen atoms in total. The molecule has 0 saturated heterocycles. The van der Waals surface area contributed by atoms with Crippen LogP contribution >= 0.6 is 0 Å². The molecular formula is C22H32N8O. The Hall–Kier alpha value is -3.07. The van der Waals surface area contributed by atoms with Gasteiger partial charge in [0.2, 0.25) is 5.95 Å². The number of hydrogen-bond donors (Lipinski definition) is 5. The molecule has 1 fully saturated rings. The highest BCUT2D eigenvalue weighted by atomic mass is 16.3. The van der Waals surface area contributed by atoms with Gasteiger partial charge in [0, 0.05) is 36.2 Å². The summed E-state index contributed by atoms with van der Waals surface area (Å²) < 4.78 is 2.04. The van der Waals surface area contributed by atoms with Crippen LogP contribution in [0.2, 0.25) is 0 Å². The second-order valence-electron chi connectivity index (χ2n) is 8.60. The Balaban J connectivity index is 1.70. The van der Waals surface area contributed by atoms with Crippen LogP contribution in [0, 0.1) is 5.92 Å². The fraction of sp³-hybridized carbons (Fsp3) is 0.500. The molecule has 2 aromatic heterocycles. The summed E-state index contributed by atoms with van der Waals surface area (Å²) in [5.74, 6) is 2.12. The van der Waals surface area contributed by atoms with Crippen LogP contribution in [0.3, 0.4) is 0 Å². The third kappa shape index (κ3) is 4.66. The molecule has 4 rings (SSSR count). The van der Waals surface area contributed by atoms with Crippen molar-refractivity contribution < 1.29 is 5.11 Å². The van der Waals surface area contributed by atoms with Gasteiger partial charge in [-0.15, -0.1) is 0 Å². The van der Waals surface area contributed by atoms with E-state index in [0.717, 1.165) is 30.6 Å². The first-order valence-electron chi connectivity index (χ1n) is 11.0. The zero-order valence-electron chi connectivity index (χ0n) is 18.2. The highest BCUT2D eigenvalue weighted by Gasteiger charge is 2.26. The maximum atomic E-state index is 9.47. The number of dihydropyridines is 1. The molecule has 31 heavy (non-hydrogen) atoms. The van der Waals surface area contributed by atoms with Gasteiger partial charge in [0.25, 0.3) is 0 Å². The third-order valence-electron chi connectivity index (χ3n) is 5.91. The summed E-state index contributed by atoms with van der Waals surface area (Å²) in [6.45, 7) is 8.34. The zero-order chi connectivity index (χ0) is 22.0. The van der Waals surface area contributed by atoms with Crippen molar-refractivity contribution in [3.63, 3.8) is 0 Å². The Bertz CT molecular complexity index is 1020. The smallest absolute Gasteiger partial charge is 0.227 e. The van der Waals surface area contributed by atoms with Gasteiger partial charge in [-0.25, -0.2) is 4.98 Å². The summed E-state index contributed by atoms with van der Waals surface area (Å²) in [7, 11) is 0. The largest absolute Gasteiger partial charge is 0.396 e.